The maximum Gasteiger partial charge on any atom is 0.255 e. The molecule has 2 heterocycles. The van der Waals surface area contributed by atoms with E-state index in [1.807, 2.05) is 0 Å². The highest BCUT2D eigenvalue weighted by molar-refractivity contribution is 5.89. The van der Waals surface area contributed by atoms with Gasteiger partial charge in [0, 0.05) is 25.4 Å². The van der Waals surface area contributed by atoms with Crippen LogP contribution in [0.5, 0.6) is 0 Å². The van der Waals surface area contributed by atoms with Crippen LogP contribution in [0.1, 0.15) is 24.1 Å². The van der Waals surface area contributed by atoms with Crippen LogP contribution in [0.4, 0.5) is 18.9 Å². The Labute approximate surface area is 164 Å². The van der Waals surface area contributed by atoms with E-state index in [1.54, 1.807) is 20.0 Å². The first kappa shape index (κ1) is 19.0. The summed E-state index contributed by atoms with van der Waals surface area (Å²) in [6.45, 7) is 1.73. The van der Waals surface area contributed by atoms with Crippen LogP contribution in [0, 0.1) is 17.5 Å². The lowest BCUT2D eigenvalue weighted by molar-refractivity contribution is -0.132. The molecule has 2 aromatic carbocycles. The first-order valence-corrected chi connectivity index (χ1v) is 9.08. The number of aromatic amines is 1. The molecule has 1 aliphatic rings. The van der Waals surface area contributed by atoms with Crippen molar-refractivity contribution in [2.24, 2.45) is 0 Å². The van der Waals surface area contributed by atoms with Crippen molar-refractivity contribution in [2.45, 2.75) is 25.4 Å². The Hall–Kier alpha value is -3.29. The number of likely N-dealkylation sites (N-methyl/N-ethyl adjacent to an activating group) is 1. The van der Waals surface area contributed by atoms with Gasteiger partial charge in [-0.25, -0.2) is 13.2 Å². The van der Waals surface area contributed by atoms with Crippen molar-refractivity contribution < 1.29 is 18.0 Å². The molecule has 29 heavy (non-hydrogen) atoms. The first-order chi connectivity index (χ1) is 13.8. The van der Waals surface area contributed by atoms with E-state index in [2.05, 4.69) is 10.3 Å². The molecular formula is C21H18F3N3O2. The topological polar surface area (TPSA) is 65.2 Å². The van der Waals surface area contributed by atoms with E-state index in [4.69, 9.17) is 0 Å². The van der Waals surface area contributed by atoms with Gasteiger partial charge in [-0.1, -0.05) is 0 Å². The van der Waals surface area contributed by atoms with Crippen LogP contribution in [-0.2, 0) is 11.2 Å². The van der Waals surface area contributed by atoms with Crippen molar-refractivity contribution in [1.82, 2.24) is 9.88 Å². The first-order valence-electron chi connectivity index (χ1n) is 9.08. The van der Waals surface area contributed by atoms with Crippen LogP contribution in [-0.4, -0.2) is 28.9 Å². The summed E-state index contributed by atoms with van der Waals surface area (Å²) in [4.78, 5) is 29.0. The average Bonchev–Trinajstić information content (AvgIpc) is 3.11. The van der Waals surface area contributed by atoms with Gasteiger partial charge in [0.15, 0.2) is 11.6 Å². The molecule has 4 rings (SSSR count). The van der Waals surface area contributed by atoms with Crippen LogP contribution in [0.25, 0.3) is 10.8 Å². The van der Waals surface area contributed by atoms with E-state index in [0.29, 0.717) is 17.7 Å². The number of nitrogens with zero attached hydrogens (tertiary/aromatic N) is 1. The summed E-state index contributed by atoms with van der Waals surface area (Å²) in [6.07, 6.45) is 1.75. The molecule has 1 aliphatic heterocycles. The van der Waals surface area contributed by atoms with Crippen molar-refractivity contribution in [3.8, 4) is 0 Å². The number of anilines is 1. The summed E-state index contributed by atoms with van der Waals surface area (Å²) in [7, 11) is 1.59. The highest BCUT2D eigenvalue weighted by atomic mass is 19.2. The number of H-pyrrole nitrogens is 1. The molecule has 150 valence electrons. The van der Waals surface area contributed by atoms with Crippen LogP contribution in [0.3, 0.4) is 0 Å². The number of rotatable bonds is 3. The van der Waals surface area contributed by atoms with Crippen molar-refractivity contribution in [3.63, 3.8) is 0 Å². The molecular weight excluding hydrogens is 383 g/mol. The summed E-state index contributed by atoms with van der Waals surface area (Å²) in [5.74, 6) is -2.79. The Balaban J connectivity index is 1.64. The molecule has 2 unspecified atom stereocenters. The standard InChI is InChI=1S/C21H18F3N3O2/c1-10(15-9-25-20(28)14-8-17(24)16(23)7-13(14)15)27(2)21(29)19-6-11-5-12(22)3-4-18(11)26-19/h3-5,7-10,19,26H,6H2,1-2H3,(H,25,28). The molecule has 0 bridgehead atoms. The molecule has 1 aromatic heterocycles. The van der Waals surface area contributed by atoms with Crippen molar-refractivity contribution in [1.29, 1.82) is 0 Å². The number of benzene rings is 2. The summed E-state index contributed by atoms with van der Waals surface area (Å²) >= 11 is 0. The number of halogens is 3. The number of aromatic nitrogens is 1. The number of hydrogen-bond acceptors (Lipinski definition) is 3. The SMILES string of the molecule is CC(c1c[nH]c(=O)c2cc(F)c(F)cc12)N(C)C(=O)C1Cc2cc(F)ccc2N1. The van der Waals surface area contributed by atoms with Crippen molar-refractivity contribution in [2.75, 3.05) is 12.4 Å². The molecule has 1 amide bonds. The molecule has 0 saturated heterocycles. The fourth-order valence-corrected chi connectivity index (χ4v) is 3.74. The van der Waals surface area contributed by atoms with Crippen LogP contribution >= 0.6 is 0 Å². The van der Waals surface area contributed by atoms with Crippen LogP contribution in [0.2, 0.25) is 0 Å². The molecule has 0 spiro atoms. The number of fused-ring (bicyclic) bond motifs is 2. The molecule has 5 nitrogen and oxygen atoms in total. The minimum Gasteiger partial charge on any atom is -0.373 e. The van der Waals surface area contributed by atoms with Gasteiger partial charge in [-0.15, -0.1) is 0 Å². The van der Waals surface area contributed by atoms with Gasteiger partial charge in [-0.2, -0.15) is 0 Å². The van der Waals surface area contributed by atoms with E-state index in [-0.39, 0.29) is 22.5 Å². The molecule has 8 heteroatoms. The average molecular weight is 401 g/mol. The third kappa shape index (κ3) is 3.24. The normalized spacial score (nSPS) is 16.4. The third-order valence-corrected chi connectivity index (χ3v) is 5.47. The van der Waals surface area contributed by atoms with Crippen LogP contribution in [0.15, 0.2) is 41.3 Å². The highest BCUT2D eigenvalue weighted by Gasteiger charge is 2.31. The Kier molecular flexibility index (Phi) is 4.56. The lowest BCUT2D eigenvalue weighted by Crippen LogP contribution is -2.41. The van der Waals surface area contributed by atoms with E-state index < -0.39 is 29.3 Å². The molecule has 2 N–H and O–H groups in total. The molecule has 2 atom stereocenters. The zero-order valence-electron chi connectivity index (χ0n) is 15.7. The number of carbonyl (C=O) groups excluding carboxylic acids is 1. The number of amides is 1. The van der Waals surface area contributed by atoms with E-state index in [0.717, 1.165) is 17.7 Å². The second kappa shape index (κ2) is 6.95. The van der Waals surface area contributed by atoms with Gasteiger partial charge in [-0.3, -0.25) is 9.59 Å². The van der Waals surface area contributed by atoms with Gasteiger partial charge in [0.1, 0.15) is 11.9 Å². The minimum absolute atomic E-state index is 0.0102. The third-order valence-electron chi connectivity index (χ3n) is 5.47. The zero-order chi connectivity index (χ0) is 20.9. The largest absolute Gasteiger partial charge is 0.373 e. The van der Waals surface area contributed by atoms with E-state index in [9.17, 15) is 22.8 Å². The minimum atomic E-state index is -1.11. The van der Waals surface area contributed by atoms with Crippen molar-refractivity contribution in [3.05, 3.63) is 75.5 Å². The Morgan fingerprint density at radius 1 is 1.14 bits per heavy atom. The maximum atomic E-state index is 13.8. The second-order valence-corrected chi connectivity index (χ2v) is 7.21. The van der Waals surface area contributed by atoms with Crippen LogP contribution < -0.4 is 10.9 Å². The molecule has 0 fully saturated rings. The smallest absolute Gasteiger partial charge is 0.255 e. The fourth-order valence-electron chi connectivity index (χ4n) is 3.74. The quantitative estimate of drug-likeness (QED) is 0.706. The molecule has 0 aliphatic carbocycles. The van der Waals surface area contributed by atoms with Gasteiger partial charge < -0.3 is 15.2 Å². The summed E-state index contributed by atoms with van der Waals surface area (Å²) in [5, 5.41) is 3.34. The number of carbonyl (C=O) groups is 1. The molecule has 0 saturated carbocycles. The van der Waals surface area contributed by atoms with Gasteiger partial charge in [0.05, 0.1) is 11.4 Å². The van der Waals surface area contributed by atoms with Gasteiger partial charge in [0.25, 0.3) is 5.56 Å². The number of pyridine rings is 1. The second-order valence-electron chi connectivity index (χ2n) is 7.21. The van der Waals surface area contributed by atoms with Gasteiger partial charge in [-0.05, 0) is 53.8 Å². The predicted octanol–water partition coefficient (Wildman–Crippen LogP) is 3.50. The van der Waals surface area contributed by atoms with E-state index in [1.165, 1.54) is 23.2 Å². The Bertz CT molecular complexity index is 1190. The van der Waals surface area contributed by atoms with Gasteiger partial charge in [0.2, 0.25) is 5.91 Å². The Morgan fingerprint density at radius 3 is 2.55 bits per heavy atom. The monoisotopic (exact) mass is 401 g/mol. The summed E-state index contributed by atoms with van der Waals surface area (Å²) in [5.41, 5.74) is 1.36. The van der Waals surface area contributed by atoms with Crippen molar-refractivity contribution >= 4 is 22.4 Å². The van der Waals surface area contributed by atoms with E-state index >= 15 is 0 Å². The Morgan fingerprint density at radius 2 is 1.83 bits per heavy atom. The lowest BCUT2D eigenvalue weighted by atomic mass is 10.0. The summed E-state index contributed by atoms with van der Waals surface area (Å²) in [6, 6.07) is 5.03. The molecule has 0 radical (unpaired) electrons. The lowest BCUT2D eigenvalue weighted by Gasteiger charge is -2.28. The number of hydrogen-bond donors (Lipinski definition) is 2. The summed E-state index contributed by atoms with van der Waals surface area (Å²) < 4.78 is 40.8. The maximum absolute atomic E-state index is 13.8. The van der Waals surface area contributed by atoms with Gasteiger partial charge >= 0.3 is 0 Å². The fraction of sp³-hybridized carbons (Fsp3) is 0.238. The predicted molar refractivity (Wildman–Crippen MR) is 103 cm³/mol. The highest BCUT2D eigenvalue weighted by Crippen LogP contribution is 2.30. The molecule has 3 aromatic rings. The number of nitrogens with one attached hydrogen (secondary N) is 2. The zero-order valence-corrected chi connectivity index (χ0v) is 15.7.